The van der Waals surface area contributed by atoms with Gasteiger partial charge in [0.1, 0.15) is 0 Å². The molecule has 0 aliphatic carbocycles. The molecule has 0 saturated carbocycles. The topological polar surface area (TPSA) is 24.5 Å². The Bertz CT molecular complexity index is 451. The van der Waals surface area contributed by atoms with Crippen LogP contribution in [-0.4, -0.2) is 32.3 Å². The van der Waals surface area contributed by atoms with E-state index in [0.717, 1.165) is 19.4 Å². The number of benzene rings is 1. The first kappa shape index (κ1) is 18.3. The van der Waals surface area contributed by atoms with E-state index in [4.69, 9.17) is 4.74 Å². The second-order valence-electron chi connectivity index (χ2n) is 7.81. The van der Waals surface area contributed by atoms with Gasteiger partial charge in [-0.15, -0.1) is 0 Å². The zero-order valence-electron chi connectivity index (χ0n) is 15.7. The number of rotatable bonds is 6. The van der Waals surface area contributed by atoms with Gasteiger partial charge >= 0.3 is 0 Å². The van der Waals surface area contributed by atoms with Crippen LogP contribution in [0.1, 0.15) is 46.1 Å². The van der Waals surface area contributed by atoms with Gasteiger partial charge in [-0.3, -0.25) is 0 Å². The number of nitrogens with zero attached hydrogens (tertiary/aromatic N) is 1. The number of anilines is 1. The highest BCUT2D eigenvalue weighted by atomic mass is 16.5. The van der Waals surface area contributed by atoms with E-state index in [1.165, 1.54) is 11.3 Å². The lowest BCUT2D eigenvalue weighted by molar-refractivity contribution is -0.0995. The zero-order valence-corrected chi connectivity index (χ0v) is 15.7. The maximum absolute atomic E-state index is 6.29. The molecule has 2 unspecified atom stereocenters. The van der Waals surface area contributed by atoms with E-state index >= 15 is 0 Å². The highest BCUT2D eigenvalue weighted by Gasteiger charge is 2.32. The molecule has 1 aliphatic rings. The van der Waals surface area contributed by atoms with Gasteiger partial charge in [0.25, 0.3) is 0 Å². The van der Waals surface area contributed by atoms with Crippen LogP contribution in [0.15, 0.2) is 24.3 Å². The summed E-state index contributed by atoms with van der Waals surface area (Å²) in [5.41, 5.74) is 2.60. The largest absolute Gasteiger partial charge is 0.378 e. The molecular formula is C20H34N2O. The summed E-state index contributed by atoms with van der Waals surface area (Å²) in [7, 11) is 4.15. The first-order chi connectivity index (χ1) is 10.9. The number of hydrogen-bond donors (Lipinski definition) is 1. The Balaban J connectivity index is 1.92. The summed E-state index contributed by atoms with van der Waals surface area (Å²) >= 11 is 0. The summed E-state index contributed by atoms with van der Waals surface area (Å²) in [6, 6.07) is 9.38. The van der Waals surface area contributed by atoms with Crippen molar-refractivity contribution >= 4 is 5.69 Å². The Morgan fingerprint density at radius 1 is 1.00 bits per heavy atom. The Morgan fingerprint density at radius 3 is 1.96 bits per heavy atom. The lowest BCUT2D eigenvalue weighted by Gasteiger charge is -2.39. The number of nitrogens with one attached hydrogen (secondary N) is 1. The second kappa shape index (κ2) is 8.16. The van der Waals surface area contributed by atoms with E-state index < -0.39 is 0 Å². The van der Waals surface area contributed by atoms with Crippen LogP contribution in [0.4, 0.5) is 5.69 Å². The van der Waals surface area contributed by atoms with Gasteiger partial charge in [0.15, 0.2) is 0 Å². The molecule has 1 aromatic carbocycles. The molecule has 3 nitrogen and oxygen atoms in total. The van der Waals surface area contributed by atoms with Crippen LogP contribution < -0.4 is 10.2 Å². The zero-order chi connectivity index (χ0) is 17.0. The van der Waals surface area contributed by atoms with Crippen molar-refractivity contribution in [3.05, 3.63) is 29.8 Å². The summed E-state index contributed by atoms with van der Waals surface area (Å²) in [6.45, 7) is 10.0. The summed E-state index contributed by atoms with van der Waals surface area (Å²) in [4.78, 5) is 2.14. The molecule has 23 heavy (non-hydrogen) atoms. The van der Waals surface area contributed by atoms with Gasteiger partial charge in [-0.2, -0.15) is 0 Å². The van der Waals surface area contributed by atoms with Crippen molar-refractivity contribution < 1.29 is 4.74 Å². The van der Waals surface area contributed by atoms with Crippen molar-refractivity contribution in [1.82, 2.24) is 5.32 Å². The molecule has 0 spiro atoms. The monoisotopic (exact) mass is 318 g/mol. The molecule has 1 heterocycles. The molecule has 0 amide bonds. The number of ether oxygens (including phenoxy) is 1. The van der Waals surface area contributed by atoms with E-state index in [0.29, 0.717) is 30.1 Å². The molecule has 130 valence electrons. The number of hydrogen-bond acceptors (Lipinski definition) is 3. The predicted octanol–water partition coefficient (Wildman–Crippen LogP) is 4.07. The minimum absolute atomic E-state index is 0.379. The molecular weight excluding hydrogens is 284 g/mol. The molecule has 0 aromatic heterocycles. The van der Waals surface area contributed by atoms with Gasteiger partial charge in [0, 0.05) is 32.4 Å². The van der Waals surface area contributed by atoms with E-state index in [1.807, 2.05) is 0 Å². The fraction of sp³-hybridized carbons (Fsp3) is 0.700. The molecule has 1 aliphatic heterocycles. The highest BCUT2D eigenvalue weighted by molar-refractivity contribution is 5.45. The highest BCUT2D eigenvalue weighted by Crippen LogP contribution is 2.28. The van der Waals surface area contributed by atoms with Gasteiger partial charge in [-0.25, -0.2) is 0 Å². The van der Waals surface area contributed by atoms with Gasteiger partial charge in [-0.1, -0.05) is 39.8 Å². The lowest BCUT2D eigenvalue weighted by Crippen LogP contribution is -2.46. The lowest BCUT2D eigenvalue weighted by atomic mass is 9.88. The van der Waals surface area contributed by atoms with Crippen LogP contribution in [0, 0.1) is 11.8 Å². The van der Waals surface area contributed by atoms with Crippen LogP contribution in [0.5, 0.6) is 0 Å². The fourth-order valence-electron chi connectivity index (χ4n) is 3.19. The Labute approximate surface area is 142 Å². The molecule has 2 rings (SSSR count). The van der Waals surface area contributed by atoms with Crippen molar-refractivity contribution in [3.63, 3.8) is 0 Å². The minimum Gasteiger partial charge on any atom is -0.378 e. The molecule has 2 atom stereocenters. The Morgan fingerprint density at radius 2 is 1.52 bits per heavy atom. The Hall–Kier alpha value is -1.06. The normalized spacial score (nSPS) is 25.1. The Kier molecular flexibility index (Phi) is 6.49. The van der Waals surface area contributed by atoms with Crippen LogP contribution in [-0.2, 0) is 11.3 Å². The van der Waals surface area contributed by atoms with Gasteiger partial charge in [0.05, 0.1) is 12.2 Å². The van der Waals surface area contributed by atoms with Crippen molar-refractivity contribution in [3.8, 4) is 0 Å². The smallest absolute Gasteiger partial charge is 0.0616 e. The molecule has 0 radical (unpaired) electrons. The van der Waals surface area contributed by atoms with Crippen molar-refractivity contribution in [2.45, 2.75) is 65.3 Å². The summed E-state index contributed by atoms with van der Waals surface area (Å²) in [5, 5.41) is 3.76. The van der Waals surface area contributed by atoms with Crippen LogP contribution in [0.3, 0.4) is 0 Å². The maximum Gasteiger partial charge on any atom is 0.0616 e. The standard InChI is InChI=1S/C20H34N2O/c1-14(2)19-11-17(12-20(23-19)15(3)4)21-13-16-7-9-18(10-8-16)22(5)6/h7-10,14-15,17,19-21H,11-13H2,1-6H3. The SMILES string of the molecule is CC(C)C1CC(NCc2ccc(N(C)C)cc2)CC(C(C)C)O1. The molecule has 1 fully saturated rings. The molecule has 3 heteroatoms. The van der Waals surface area contributed by atoms with Gasteiger partial charge in [0.2, 0.25) is 0 Å². The summed E-state index contributed by atoms with van der Waals surface area (Å²) in [5.74, 6) is 1.17. The fourth-order valence-corrected chi connectivity index (χ4v) is 3.19. The quantitative estimate of drug-likeness (QED) is 0.855. The van der Waals surface area contributed by atoms with Gasteiger partial charge in [-0.05, 0) is 42.4 Å². The van der Waals surface area contributed by atoms with Crippen molar-refractivity contribution in [2.24, 2.45) is 11.8 Å². The van der Waals surface area contributed by atoms with Crippen molar-refractivity contribution in [2.75, 3.05) is 19.0 Å². The minimum atomic E-state index is 0.379. The third-order valence-electron chi connectivity index (χ3n) is 4.92. The molecule has 1 saturated heterocycles. The first-order valence-electron chi connectivity index (χ1n) is 9.02. The molecule has 0 bridgehead atoms. The first-order valence-corrected chi connectivity index (χ1v) is 9.02. The van der Waals surface area contributed by atoms with Crippen LogP contribution in [0.25, 0.3) is 0 Å². The predicted molar refractivity (Wildman–Crippen MR) is 99.0 cm³/mol. The molecule has 1 N–H and O–H groups in total. The summed E-state index contributed by atoms with van der Waals surface area (Å²) < 4.78 is 6.29. The maximum atomic E-state index is 6.29. The van der Waals surface area contributed by atoms with E-state index in [1.54, 1.807) is 0 Å². The molecule has 1 aromatic rings. The third kappa shape index (κ3) is 5.22. The third-order valence-corrected chi connectivity index (χ3v) is 4.92. The average molecular weight is 319 g/mol. The second-order valence-corrected chi connectivity index (χ2v) is 7.81. The van der Waals surface area contributed by atoms with Gasteiger partial charge < -0.3 is 15.0 Å². The van der Waals surface area contributed by atoms with Crippen LogP contribution in [0.2, 0.25) is 0 Å². The van der Waals surface area contributed by atoms with Crippen molar-refractivity contribution in [1.29, 1.82) is 0 Å². The van der Waals surface area contributed by atoms with Crippen LogP contribution >= 0.6 is 0 Å². The van der Waals surface area contributed by atoms with E-state index in [2.05, 4.69) is 76.3 Å². The average Bonchev–Trinajstić information content (AvgIpc) is 2.52. The summed E-state index contributed by atoms with van der Waals surface area (Å²) in [6.07, 6.45) is 3.00. The van der Waals surface area contributed by atoms with E-state index in [-0.39, 0.29) is 0 Å². The van der Waals surface area contributed by atoms with E-state index in [9.17, 15) is 0 Å².